The molecule has 2 aromatic rings. The number of carbonyl (C=O) groups is 3. The zero-order chi connectivity index (χ0) is 19.2. The van der Waals surface area contributed by atoms with Gasteiger partial charge in [0.1, 0.15) is 5.76 Å². The summed E-state index contributed by atoms with van der Waals surface area (Å²) in [6.45, 7) is 1.64. The van der Waals surface area contributed by atoms with Gasteiger partial charge in [0.05, 0.1) is 6.61 Å². The minimum atomic E-state index is -1.07. The summed E-state index contributed by atoms with van der Waals surface area (Å²) in [6.07, 6.45) is 0.331. The van der Waals surface area contributed by atoms with E-state index in [2.05, 4.69) is 10.2 Å². The van der Waals surface area contributed by atoms with Gasteiger partial charge in [-0.3, -0.25) is 15.0 Å². The number of ether oxygens (including phenoxy) is 2. The van der Waals surface area contributed by atoms with Gasteiger partial charge < -0.3 is 9.47 Å². The molecule has 0 aromatic heterocycles. The fourth-order valence-electron chi connectivity index (χ4n) is 2.56. The lowest BCUT2D eigenvalue weighted by Crippen LogP contribution is -2.52. The van der Waals surface area contributed by atoms with Crippen LogP contribution in [0.15, 0.2) is 66.7 Å². The molecular formula is C20H18N2O5. The fourth-order valence-corrected chi connectivity index (χ4v) is 2.56. The SMILES string of the molecule is CCOC(=O)C(=O)NN1C(=O)C=C(c2ccccc2)O[C@@H]1c1ccccc1. The predicted molar refractivity (Wildman–Crippen MR) is 96.3 cm³/mol. The number of amides is 2. The van der Waals surface area contributed by atoms with Crippen molar-refractivity contribution in [2.75, 3.05) is 6.61 Å². The first-order valence-electron chi connectivity index (χ1n) is 8.39. The van der Waals surface area contributed by atoms with Gasteiger partial charge in [0, 0.05) is 17.2 Å². The second kappa shape index (κ2) is 8.18. The molecule has 1 aliphatic rings. The van der Waals surface area contributed by atoms with E-state index in [0.717, 1.165) is 10.6 Å². The lowest BCUT2D eigenvalue weighted by Gasteiger charge is -2.35. The second-order valence-corrected chi connectivity index (χ2v) is 5.63. The van der Waals surface area contributed by atoms with Crippen LogP contribution in [0.2, 0.25) is 0 Å². The quantitative estimate of drug-likeness (QED) is 0.662. The van der Waals surface area contributed by atoms with Crippen molar-refractivity contribution in [3.05, 3.63) is 77.9 Å². The Morgan fingerprint density at radius 1 is 1.07 bits per heavy atom. The normalized spacial score (nSPS) is 16.2. The van der Waals surface area contributed by atoms with Crippen LogP contribution in [0.25, 0.3) is 5.76 Å². The van der Waals surface area contributed by atoms with Crippen LogP contribution in [0, 0.1) is 0 Å². The van der Waals surface area contributed by atoms with E-state index in [1.54, 1.807) is 31.2 Å². The van der Waals surface area contributed by atoms with Crippen molar-refractivity contribution >= 4 is 23.5 Å². The zero-order valence-corrected chi connectivity index (χ0v) is 14.6. The monoisotopic (exact) mass is 366 g/mol. The van der Waals surface area contributed by atoms with Crippen LogP contribution in [0.3, 0.4) is 0 Å². The summed E-state index contributed by atoms with van der Waals surface area (Å²) in [5.41, 5.74) is 3.64. The summed E-state index contributed by atoms with van der Waals surface area (Å²) in [5, 5.41) is 0.973. The van der Waals surface area contributed by atoms with E-state index in [1.807, 2.05) is 36.4 Å². The first kappa shape index (κ1) is 18.2. The van der Waals surface area contributed by atoms with E-state index in [9.17, 15) is 14.4 Å². The van der Waals surface area contributed by atoms with Crippen molar-refractivity contribution in [3.63, 3.8) is 0 Å². The highest BCUT2D eigenvalue weighted by Gasteiger charge is 2.34. The van der Waals surface area contributed by atoms with Gasteiger partial charge in [0.25, 0.3) is 5.91 Å². The van der Waals surface area contributed by atoms with Crippen molar-refractivity contribution in [1.82, 2.24) is 10.4 Å². The Labute approximate surface area is 156 Å². The summed E-state index contributed by atoms with van der Waals surface area (Å²) in [6, 6.07) is 18.1. The van der Waals surface area contributed by atoms with Crippen molar-refractivity contribution in [3.8, 4) is 0 Å². The number of carbonyl (C=O) groups excluding carboxylic acids is 3. The Hall–Kier alpha value is -3.61. The molecule has 3 rings (SSSR count). The summed E-state index contributed by atoms with van der Waals surface area (Å²) in [5.74, 6) is -2.27. The van der Waals surface area contributed by atoms with Crippen molar-refractivity contribution in [2.45, 2.75) is 13.2 Å². The van der Waals surface area contributed by atoms with E-state index in [1.165, 1.54) is 6.08 Å². The Bertz CT molecular complexity index is 864. The Kier molecular flexibility index (Phi) is 5.51. The third-order valence-corrected chi connectivity index (χ3v) is 3.79. The van der Waals surface area contributed by atoms with Crippen molar-refractivity contribution in [2.24, 2.45) is 0 Å². The van der Waals surface area contributed by atoms with Crippen LogP contribution in [-0.2, 0) is 23.9 Å². The Morgan fingerprint density at radius 3 is 2.33 bits per heavy atom. The van der Waals surface area contributed by atoms with Crippen LogP contribution in [0.4, 0.5) is 0 Å². The van der Waals surface area contributed by atoms with E-state index in [-0.39, 0.29) is 6.61 Å². The number of esters is 1. The molecule has 1 aliphatic heterocycles. The number of hydrogen-bond acceptors (Lipinski definition) is 5. The number of hydrazine groups is 1. The maximum atomic E-state index is 12.7. The van der Waals surface area contributed by atoms with Gasteiger partial charge in [-0.05, 0) is 6.92 Å². The van der Waals surface area contributed by atoms with Gasteiger partial charge in [-0.15, -0.1) is 0 Å². The summed E-state index contributed by atoms with van der Waals surface area (Å²) in [7, 11) is 0. The van der Waals surface area contributed by atoms with E-state index in [0.29, 0.717) is 11.3 Å². The topological polar surface area (TPSA) is 84.9 Å². The minimum absolute atomic E-state index is 0.0525. The molecule has 7 heteroatoms. The van der Waals surface area contributed by atoms with Gasteiger partial charge in [-0.1, -0.05) is 60.7 Å². The van der Waals surface area contributed by atoms with Gasteiger partial charge in [-0.25, -0.2) is 9.80 Å². The molecule has 1 N–H and O–H groups in total. The lowest BCUT2D eigenvalue weighted by atomic mass is 10.1. The smallest absolute Gasteiger partial charge is 0.398 e. The number of rotatable bonds is 4. The molecule has 1 heterocycles. The van der Waals surface area contributed by atoms with E-state index >= 15 is 0 Å². The van der Waals surface area contributed by atoms with Gasteiger partial charge in [-0.2, -0.15) is 0 Å². The van der Waals surface area contributed by atoms with Crippen LogP contribution in [-0.4, -0.2) is 29.4 Å². The molecule has 0 radical (unpaired) electrons. The molecule has 7 nitrogen and oxygen atoms in total. The zero-order valence-electron chi connectivity index (χ0n) is 14.6. The molecule has 0 saturated carbocycles. The third-order valence-electron chi connectivity index (χ3n) is 3.79. The third kappa shape index (κ3) is 4.14. The molecule has 2 amide bonds. The first-order chi connectivity index (χ1) is 13.1. The molecule has 0 unspecified atom stereocenters. The van der Waals surface area contributed by atoms with Gasteiger partial charge in [0.2, 0.25) is 6.23 Å². The molecule has 2 aromatic carbocycles. The van der Waals surface area contributed by atoms with Crippen LogP contribution >= 0.6 is 0 Å². The van der Waals surface area contributed by atoms with Crippen molar-refractivity contribution < 1.29 is 23.9 Å². The largest absolute Gasteiger partial charge is 0.464 e. The van der Waals surface area contributed by atoms with Crippen LogP contribution in [0.5, 0.6) is 0 Å². The second-order valence-electron chi connectivity index (χ2n) is 5.63. The predicted octanol–water partition coefficient (Wildman–Crippen LogP) is 2.18. The van der Waals surface area contributed by atoms with Crippen LogP contribution in [0.1, 0.15) is 24.3 Å². The molecule has 138 valence electrons. The van der Waals surface area contributed by atoms with Gasteiger partial charge >= 0.3 is 11.9 Å². The molecule has 0 aliphatic carbocycles. The molecule has 1 atom stereocenters. The lowest BCUT2D eigenvalue weighted by molar-refractivity contribution is -0.163. The Morgan fingerprint density at radius 2 is 1.70 bits per heavy atom. The maximum Gasteiger partial charge on any atom is 0.398 e. The van der Waals surface area contributed by atoms with E-state index in [4.69, 9.17) is 4.74 Å². The molecular weight excluding hydrogens is 348 g/mol. The maximum absolute atomic E-state index is 12.7. The first-order valence-corrected chi connectivity index (χ1v) is 8.39. The highest BCUT2D eigenvalue weighted by Crippen LogP contribution is 2.32. The number of benzene rings is 2. The standard InChI is InChI=1S/C20H18N2O5/c1-2-26-20(25)18(24)21-22-17(23)13-16(14-9-5-3-6-10-14)27-19(22)15-11-7-4-8-12-15/h3-13,19H,2H2,1H3,(H,21,24)/t19-/m1/s1. The Balaban J connectivity index is 1.92. The summed E-state index contributed by atoms with van der Waals surface area (Å²) in [4.78, 5) is 36.3. The average molecular weight is 366 g/mol. The van der Waals surface area contributed by atoms with Crippen molar-refractivity contribution in [1.29, 1.82) is 0 Å². The minimum Gasteiger partial charge on any atom is -0.464 e. The highest BCUT2D eigenvalue weighted by molar-refractivity contribution is 6.32. The van der Waals surface area contributed by atoms with E-state index < -0.39 is 24.0 Å². The molecule has 0 bridgehead atoms. The number of nitrogens with zero attached hydrogens (tertiary/aromatic N) is 1. The van der Waals surface area contributed by atoms with Crippen LogP contribution < -0.4 is 5.43 Å². The molecule has 0 spiro atoms. The average Bonchev–Trinajstić information content (AvgIpc) is 2.70. The number of hydrogen-bond donors (Lipinski definition) is 1. The molecule has 0 fully saturated rings. The molecule has 27 heavy (non-hydrogen) atoms. The number of nitrogens with one attached hydrogen (secondary N) is 1. The summed E-state index contributed by atoms with van der Waals surface area (Å²) >= 11 is 0. The fraction of sp³-hybridized carbons (Fsp3) is 0.150. The molecule has 0 saturated heterocycles. The summed E-state index contributed by atoms with van der Waals surface area (Å²) < 4.78 is 10.6. The highest BCUT2D eigenvalue weighted by atomic mass is 16.5. The van der Waals surface area contributed by atoms with Gasteiger partial charge in [0.15, 0.2) is 0 Å².